The minimum Gasteiger partial charge on any atom is -0.453 e. The van der Waals surface area contributed by atoms with E-state index in [-0.39, 0.29) is 41.4 Å². The average molecular weight is 487 g/mol. The highest BCUT2D eigenvalue weighted by Gasteiger charge is 2.60. The Balaban J connectivity index is 1.57. The molecule has 1 saturated heterocycles. The molecule has 0 saturated carbocycles. The van der Waals surface area contributed by atoms with Gasteiger partial charge in [0, 0.05) is 24.6 Å². The molecule has 2 aliphatic heterocycles. The molecular formula is C22H21N3O8S. The zero-order valence-corrected chi connectivity index (χ0v) is 19.5. The maximum atomic E-state index is 13.3. The summed E-state index contributed by atoms with van der Waals surface area (Å²) in [6.45, 7) is 6.02. The molecule has 0 radical (unpaired) electrons. The second-order valence-electron chi connectivity index (χ2n) is 8.48. The normalized spacial score (nSPS) is 22.8. The van der Waals surface area contributed by atoms with Gasteiger partial charge in [-0.3, -0.25) is 14.0 Å². The number of β-lactam (4-membered cyclic amide) rings is 1. The number of ether oxygens (including phenoxy) is 1. The largest absolute Gasteiger partial charge is 0.519 e. The fourth-order valence-corrected chi connectivity index (χ4v) is 6.02. The maximum absolute atomic E-state index is 13.3. The monoisotopic (exact) mass is 487 g/mol. The van der Waals surface area contributed by atoms with E-state index in [4.69, 9.17) is 13.6 Å². The summed E-state index contributed by atoms with van der Waals surface area (Å²) >= 11 is 1.28. The highest BCUT2D eigenvalue weighted by molar-refractivity contribution is 7.18. The zero-order chi connectivity index (χ0) is 24.5. The van der Waals surface area contributed by atoms with E-state index in [1.807, 2.05) is 6.92 Å². The summed E-state index contributed by atoms with van der Waals surface area (Å²) in [5, 5.41) is 10.2. The molecule has 178 valence electrons. The van der Waals surface area contributed by atoms with Crippen LogP contribution in [0, 0.1) is 18.8 Å². The molecule has 1 amide bonds. The van der Waals surface area contributed by atoms with Gasteiger partial charge in [-0.25, -0.2) is 14.6 Å². The van der Waals surface area contributed by atoms with Crippen LogP contribution in [0.4, 0.5) is 0 Å². The summed E-state index contributed by atoms with van der Waals surface area (Å²) in [5.41, 5.74) is 0.975. The number of rotatable bonds is 6. The molecule has 4 atom stereocenters. The number of nitrogens with zero attached hydrogens (tertiary/aromatic N) is 3. The number of Topliss-reactive ketones (excluding diaryl/α,β-unsaturated/α-hetero) is 1. The van der Waals surface area contributed by atoms with Crippen molar-refractivity contribution in [2.24, 2.45) is 11.8 Å². The molecule has 11 nitrogen and oxygen atoms in total. The van der Waals surface area contributed by atoms with Crippen molar-refractivity contribution in [1.29, 1.82) is 0 Å². The third-order valence-electron chi connectivity index (χ3n) is 6.35. The first-order valence-electron chi connectivity index (χ1n) is 10.6. The summed E-state index contributed by atoms with van der Waals surface area (Å²) in [4.78, 5) is 56.2. The van der Waals surface area contributed by atoms with Crippen molar-refractivity contribution >= 4 is 39.4 Å². The number of hydrogen-bond donors (Lipinski definition) is 1. The van der Waals surface area contributed by atoms with Crippen LogP contribution in [0.25, 0.3) is 10.4 Å². The molecule has 0 aliphatic carbocycles. The lowest BCUT2D eigenvalue weighted by molar-refractivity contribution is -0.164. The van der Waals surface area contributed by atoms with E-state index >= 15 is 0 Å². The summed E-state index contributed by atoms with van der Waals surface area (Å²) in [5.74, 6) is -2.90. The molecule has 0 spiro atoms. The highest BCUT2D eigenvalue weighted by atomic mass is 32.1. The smallest absolute Gasteiger partial charge is 0.453 e. The van der Waals surface area contributed by atoms with E-state index in [2.05, 4.69) is 4.98 Å². The SMILES string of the molecule is CC(=O)c1ncn2cc(C3=C(C(=O)OCc4oc(=O)oc4C)N4C(=O)[C@H]([C@@H](C)O)[C@@H]4C3C)sc12. The highest BCUT2D eigenvalue weighted by Crippen LogP contribution is 2.51. The molecular weight excluding hydrogens is 466 g/mol. The number of carbonyl (C=O) groups excluding carboxylic acids is 3. The third-order valence-corrected chi connectivity index (χ3v) is 7.49. The summed E-state index contributed by atoms with van der Waals surface area (Å²) in [6.07, 6.45) is 2.39. The molecule has 12 heteroatoms. The third kappa shape index (κ3) is 3.16. The van der Waals surface area contributed by atoms with Crippen LogP contribution in [0.2, 0.25) is 0 Å². The van der Waals surface area contributed by atoms with Crippen LogP contribution >= 0.6 is 11.3 Å². The number of ketones is 1. The van der Waals surface area contributed by atoms with E-state index in [1.165, 1.54) is 36.4 Å². The molecule has 1 N–H and O–H groups in total. The molecule has 3 aromatic rings. The van der Waals surface area contributed by atoms with E-state index in [1.54, 1.807) is 17.5 Å². The Morgan fingerprint density at radius 1 is 1.32 bits per heavy atom. The first-order valence-corrected chi connectivity index (χ1v) is 11.4. The Bertz CT molecular complexity index is 1440. The van der Waals surface area contributed by atoms with Gasteiger partial charge in [-0.1, -0.05) is 6.92 Å². The standard InChI is InChI=1S/C22H21N3O8S/c1-8-14(13-5-24-7-23-16(10(3)27)20(24)34-13)18(25-17(8)15(9(2)26)19(25)28)21(29)31-6-12-11(4)32-22(30)33-12/h5,7-9,15,17,26H,6H2,1-4H3/t8?,9-,15-,17+/m1/s1. The number of aliphatic hydroxyl groups is 1. The van der Waals surface area contributed by atoms with E-state index < -0.39 is 29.9 Å². The molecule has 0 bridgehead atoms. The van der Waals surface area contributed by atoms with E-state index in [9.17, 15) is 24.3 Å². The van der Waals surface area contributed by atoms with Crippen molar-refractivity contribution in [2.75, 3.05) is 0 Å². The second-order valence-corrected chi connectivity index (χ2v) is 9.51. The van der Waals surface area contributed by atoms with Gasteiger partial charge < -0.3 is 23.6 Å². The van der Waals surface area contributed by atoms with Crippen LogP contribution < -0.4 is 5.82 Å². The number of fused-ring (bicyclic) bond motifs is 2. The van der Waals surface area contributed by atoms with Crippen LogP contribution in [0.15, 0.2) is 31.9 Å². The molecule has 5 rings (SSSR count). The minimum absolute atomic E-state index is 0.0717. The average Bonchev–Trinajstić information content (AvgIpc) is 3.46. The van der Waals surface area contributed by atoms with Crippen molar-refractivity contribution < 1.29 is 33.1 Å². The Hall–Kier alpha value is -3.51. The number of esters is 1. The van der Waals surface area contributed by atoms with Gasteiger partial charge in [0.05, 0.1) is 22.9 Å². The Morgan fingerprint density at radius 3 is 2.68 bits per heavy atom. The number of aryl methyl sites for hydroxylation is 1. The second kappa shape index (κ2) is 7.77. The van der Waals surface area contributed by atoms with E-state index in [0.717, 1.165) is 0 Å². The number of thiazole rings is 1. The molecule has 3 aromatic heterocycles. The van der Waals surface area contributed by atoms with Crippen LogP contribution in [-0.2, 0) is 20.9 Å². The Kier molecular flexibility index (Phi) is 5.10. The maximum Gasteiger partial charge on any atom is 0.519 e. The number of hydrogen-bond acceptors (Lipinski definition) is 10. The lowest BCUT2D eigenvalue weighted by Crippen LogP contribution is -2.63. The lowest BCUT2D eigenvalue weighted by Gasteiger charge is -2.46. The molecule has 5 heterocycles. The van der Waals surface area contributed by atoms with Crippen LogP contribution in [0.3, 0.4) is 0 Å². The quantitative estimate of drug-likeness (QED) is 0.312. The number of aromatic nitrogens is 2. The van der Waals surface area contributed by atoms with Crippen LogP contribution in [0.1, 0.15) is 47.7 Å². The fourth-order valence-electron chi connectivity index (χ4n) is 4.75. The van der Waals surface area contributed by atoms with Gasteiger partial charge >= 0.3 is 11.8 Å². The van der Waals surface area contributed by atoms with Crippen molar-refractivity contribution in [3.8, 4) is 0 Å². The minimum atomic E-state index is -0.903. The summed E-state index contributed by atoms with van der Waals surface area (Å²) < 4.78 is 16.8. The molecule has 2 aliphatic rings. The number of carbonyl (C=O) groups is 3. The molecule has 0 aromatic carbocycles. The first-order chi connectivity index (χ1) is 16.1. The van der Waals surface area contributed by atoms with Crippen LogP contribution in [-0.4, -0.2) is 49.2 Å². The molecule has 1 fully saturated rings. The van der Waals surface area contributed by atoms with Gasteiger partial charge in [0.2, 0.25) is 5.91 Å². The predicted molar refractivity (Wildman–Crippen MR) is 117 cm³/mol. The fraction of sp³-hybridized carbons (Fsp3) is 0.409. The number of aliphatic hydroxyl groups excluding tert-OH is 1. The van der Waals surface area contributed by atoms with Gasteiger partial charge in [-0.05, 0) is 13.8 Å². The summed E-state index contributed by atoms with van der Waals surface area (Å²) in [7, 11) is 0. The Morgan fingerprint density at radius 2 is 2.06 bits per heavy atom. The first kappa shape index (κ1) is 22.3. The van der Waals surface area contributed by atoms with Gasteiger partial charge in [-0.2, -0.15) is 0 Å². The predicted octanol–water partition coefficient (Wildman–Crippen LogP) is 1.77. The number of amides is 1. The van der Waals surface area contributed by atoms with E-state index in [0.29, 0.717) is 21.0 Å². The van der Waals surface area contributed by atoms with Gasteiger partial charge in [0.25, 0.3) is 0 Å². The lowest BCUT2D eigenvalue weighted by atomic mass is 9.77. The summed E-state index contributed by atoms with van der Waals surface area (Å²) in [6, 6.07) is -0.412. The number of imidazole rings is 1. The van der Waals surface area contributed by atoms with Gasteiger partial charge in [0.15, 0.2) is 23.9 Å². The van der Waals surface area contributed by atoms with Crippen LogP contribution in [0.5, 0.6) is 0 Å². The van der Waals surface area contributed by atoms with Crippen molar-refractivity contribution in [2.45, 2.75) is 46.4 Å². The zero-order valence-electron chi connectivity index (χ0n) is 18.7. The Labute approximate surface area is 196 Å². The molecule has 1 unspecified atom stereocenters. The molecule has 34 heavy (non-hydrogen) atoms. The van der Waals surface area contributed by atoms with Gasteiger partial charge in [-0.15, -0.1) is 11.3 Å². The van der Waals surface area contributed by atoms with Crippen molar-refractivity contribution in [1.82, 2.24) is 14.3 Å². The van der Waals surface area contributed by atoms with Gasteiger partial charge in [0.1, 0.15) is 22.5 Å². The van der Waals surface area contributed by atoms with Crippen molar-refractivity contribution in [3.63, 3.8) is 0 Å². The topological polar surface area (TPSA) is 145 Å². The van der Waals surface area contributed by atoms with Crippen molar-refractivity contribution in [3.05, 3.63) is 50.9 Å².